The molecule has 0 bridgehead atoms. The summed E-state index contributed by atoms with van der Waals surface area (Å²) in [4.78, 5) is 15.5. The third-order valence-corrected chi connectivity index (χ3v) is 10.9. The number of aliphatic hydroxyl groups is 6. The molecule has 2 aliphatic rings. The van der Waals surface area contributed by atoms with Crippen molar-refractivity contribution in [2.45, 2.75) is 216 Å². The van der Waals surface area contributed by atoms with Gasteiger partial charge in [-0.2, -0.15) is 0 Å². The second-order valence-corrected chi connectivity index (χ2v) is 15.4. The van der Waals surface area contributed by atoms with Crippen molar-refractivity contribution >= 4 is 5.91 Å². The topological polar surface area (TPSA) is 172 Å². The number of carbonyl (C=O) groups is 1. The van der Waals surface area contributed by atoms with E-state index in [2.05, 4.69) is 17.1 Å². The first-order valence-corrected chi connectivity index (χ1v) is 21.1. The van der Waals surface area contributed by atoms with Crippen LogP contribution in [0, 0.1) is 0 Å². The number of amides is 1. The zero-order valence-electron chi connectivity index (χ0n) is 32.2. The number of hydrogen-bond donors (Lipinski definition) is 7. The van der Waals surface area contributed by atoms with E-state index in [9.17, 15) is 35.4 Å². The third-order valence-electron chi connectivity index (χ3n) is 10.9. The van der Waals surface area contributed by atoms with Crippen molar-refractivity contribution in [3.8, 4) is 0 Å². The number of piperidine rings is 1. The summed E-state index contributed by atoms with van der Waals surface area (Å²) in [5.74, 6) is -0.258. The molecule has 2 heterocycles. The lowest BCUT2D eigenvalue weighted by Gasteiger charge is -2.40. The Morgan fingerprint density at radius 1 is 0.725 bits per heavy atom. The van der Waals surface area contributed by atoms with E-state index in [-0.39, 0.29) is 18.9 Å². The van der Waals surface area contributed by atoms with E-state index in [0.29, 0.717) is 6.42 Å². The van der Waals surface area contributed by atoms with Crippen LogP contribution < -0.4 is 5.32 Å². The first kappa shape index (κ1) is 46.3. The van der Waals surface area contributed by atoms with Gasteiger partial charge in [0, 0.05) is 6.42 Å². The fourth-order valence-corrected chi connectivity index (χ4v) is 7.41. The third kappa shape index (κ3) is 20.4. The largest absolute Gasteiger partial charge is 0.394 e. The molecule has 0 saturated carbocycles. The fraction of sp³-hybridized carbons (Fsp3) is 0.975. The Morgan fingerprint density at radius 2 is 1.25 bits per heavy atom. The van der Waals surface area contributed by atoms with E-state index in [4.69, 9.17) is 9.47 Å². The van der Waals surface area contributed by atoms with E-state index in [1.54, 1.807) is 0 Å². The Bertz CT molecular complexity index is 832. The van der Waals surface area contributed by atoms with E-state index in [0.717, 1.165) is 51.4 Å². The molecule has 11 heteroatoms. The number of aliphatic hydroxyl groups excluding tert-OH is 6. The summed E-state index contributed by atoms with van der Waals surface area (Å²) >= 11 is 0. The van der Waals surface area contributed by atoms with Crippen LogP contribution in [0.25, 0.3) is 0 Å². The predicted octanol–water partition coefficient (Wildman–Crippen LogP) is 5.10. The van der Waals surface area contributed by atoms with Gasteiger partial charge in [0.25, 0.3) is 0 Å². The van der Waals surface area contributed by atoms with Crippen molar-refractivity contribution in [3.05, 3.63) is 0 Å². The average Bonchev–Trinajstić information content (AvgIpc) is 3.14. The van der Waals surface area contributed by atoms with Gasteiger partial charge in [-0.25, -0.2) is 0 Å². The predicted molar refractivity (Wildman–Crippen MR) is 201 cm³/mol. The van der Waals surface area contributed by atoms with Crippen LogP contribution in [0.4, 0.5) is 0 Å². The molecule has 2 saturated heterocycles. The number of carbonyl (C=O) groups excluding carboxylic acids is 1. The molecule has 0 unspecified atom stereocenters. The smallest absolute Gasteiger partial charge is 0.220 e. The summed E-state index contributed by atoms with van der Waals surface area (Å²) in [5.41, 5.74) is 0. The number of rotatable bonds is 31. The van der Waals surface area contributed by atoms with Crippen molar-refractivity contribution in [1.82, 2.24) is 10.2 Å². The SMILES string of the molecule is CCCCCCCCCCCCCC[C@@H](O)[C@@H](O)[C@H](CO[C@H]1O[C@H](CO)[C@H](O)[C@H](O)[C@H]1O)NC(=O)CCCCCCCCCCN1CCCCC1. The van der Waals surface area contributed by atoms with Crippen LogP contribution in [0.1, 0.15) is 167 Å². The van der Waals surface area contributed by atoms with Crippen LogP contribution >= 0.6 is 0 Å². The van der Waals surface area contributed by atoms with Crippen molar-refractivity contribution in [2.75, 3.05) is 32.8 Å². The van der Waals surface area contributed by atoms with Crippen LogP contribution in [0.2, 0.25) is 0 Å². The maximum absolute atomic E-state index is 12.9. The van der Waals surface area contributed by atoms with Crippen molar-refractivity contribution in [3.63, 3.8) is 0 Å². The van der Waals surface area contributed by atoms with Crippen LogP contribution in [-0.2, 0) is 14.3 Å². The highest BCUT2D eigenvalue weighted by Gasteiger charge is 2.44. The molecule has 302 valence electrons. The van der Waals surface area contributed by atoms with E-state index < -0.39 is 55.6 Å². The lowest BCUT2D eigenvalue weighted by atomic mass is 9.98. The zero-order valence-corrected chi connectivity index (χ0v) is 32.2. The summed E-state index contributed by atoms with van der Waals surface area (Å²) in [7, 11) is 0. The highest BCUT2D eigenvalue weighted by Crippen LogP contribution is 2.23. The van der Waals surface area contributed by atoms with Gasteiger partial charge in [-0.3, -0.25) is 4.79 Å². The summed E-state index contributed by atoms with van der Waals surface area (Å²) in [6, 6.07) is -0.984. The zero-order chi connectivity index (χ0) is 37.1. The average molecular weight is 731 g/mol. The van der Waals surface area contributed by atoms with Gasteiger partial charge in [-0.05, 0) is 51.7 Å². The van der Waals surface area contributed by atoms with E-state index in [1.807, 2.05) is 0 Å². The minimum atomic E-state index is -1.60. The van der Waals surface area contributed by atoms with Gasteiger partial charge in [0.05, 0.1) is 25.4 Å². The number of likely N-dealkylation sites (tertiary alicyclic amines) is 1. The van der Waals surface area contributed by atoms with E-state index >= 15 is 0 Å². The number of unbranched alkanes of at least 4 members (excludes halogenated alkanes) is 18. The van der Waals surface area contributed by atoms with Crippen LogP contribution in [-0.4, -0.2) is 123 Å². The first-order chi connectivity index (χ1) is 24.8. The fourth-order valence-electron chi connectivity index (χ4n) is 7.41. The van der Waals surface area contributed by atoms with Crippen LogP contribution in [0.3, 0.4) is 0 Å². The molecule has 7 N–H and O–H groups in total. The molecule has 8 atom stereocenters. The highest BCUT2D eigenvalue weighted by atomic mass is 16.7. The number of hydrogen-bond acceptors (Lipinski definition) is 10. The molecule has 0 aliphatic carbocycles. The Hall–Kier alpha value is -0.890. The van der Waals surface area contributed by atoms with E-state index in [1.165, 1.54) is 116 Å². The molecule has 2 rings (SSSR count). The summed E-state index contributed by atoms with van der Waals surface area (Å²) in [6.07, 6.45) is 18.3. The normalized spacial score (nSPS) is 24.7. The maximum atomic E-state index is 12.9. The quantitative estimate of drug-likeness (QED) is 0.0476. The minimum Gasteiger partial charge on any atom is -0.394 e. The van der Waals surface area contributed by atoms with Gasteiger partial charge < -0.3 is 50.3 Å². The Morgan fingerprint density at radius 3 is 1.82 bits per heavy atom. The summed E-state index contributed by atoms with van der Waals surface area (Å²) in [6.45, 7) is 5.10. The Kier molecular flexibility index (Phi) is 26.7. The summed E-state index contributed by atoms with van der Waals surface area (Å²) < 4.78 is 11.1. The number of ether oxygens (including phenoxy) is 2. The number of nitrogens with one attached hydrogen (secondary N) is 1. The molecule has 11 nitrogen and oxygen atoms in total. The molecule has 51 heavy (non-hydrogen) atoms. The second-order valence-electron chi connectivity index (χ2n) is 15.4. The van der Waals surface area contributed by atoms with Gasteiger partial charge in [0.15, 0.2) is 6.29 Å². The first-order valence-electron chi connectivity index (χ1n) is 21.1. The van der Waals surface area contributed by atoms with Crippen molar-refractivity contribution < 1.29 is 44.9 Å². The van der Waals surface area contributed by atoms with Gasteiger partial charge in [-0.1, -0.05) is 129 Å². The maximum Gasteiger partial charge on any atom is 0.220 e. The molecular weight excluding hydrogens is 652 g/mol. The van der Waals surface area contributed by atoms with Crippen LogP contribution in [0.15, 0.2) is 0 Å². The Balaban J connectivity index is 1.70. The van der Waals surface area contributed by atoms with Gasteiger partial charge in [0.2, 0.25) is 5.91 Å². The van der Waals surface area contributed by atoms with Gasteiger partial charge in [0.1, 0.15) is 30.5 Å². The number of nitrogens with zero attached hydrogens (tertiary/aromatic N) is 1. The van der Waals surface area contributed by atoms with Crippen LogP contribution in [0.5, 0.6) is 0 Å². The molecule has 2 aliphatic heterocycles. The monoisotopic (exact) mass is 731 g/mol. The van der Waals surface area contributed by atoms with Crippen molar-refractivity contribution in [2.24, 2.45) is 0 Å². The molecule has 1 amide bonds. The molecule has 0 radical (unpaired) electrons. The second kappa shape index (κ2) is 29.5. The molecule has 2 fully saturated rings. The van der Waals surface area contributed by atoms with Crippen molar-refractivity contribution in [1.29, 1.82) is 0 Å². The summed E-state index contributed by atoms with van der Waals surface area (Å²) in [5, 5.41) is 65.0. The minimum absolute atomic E-state index is 0.258. The van der Waals surface area contributed by atoms with Gasteiger partial charge >= 0.3 is 0 Å². The Labute approximate surface area is 309 Å². The molecule has 0 aromatic rings. The molecular formula is C40H78N2O9. The standard InChI is InChI=1S/C40H78N2O9/c1-2-3-4-5-6-7-8-9-10-13-16-20-25-33(44)36(46)32(31-50-40-39(49)38(48)37(47)34(30-43)51-40)41-35(45)26-21-17-14-11-12-15-18-22-27-42-28-23-19-24-29-42/h32-34,36-40,43-44,46-49H,2-31H2,1H3,(H,41,45)/t32-,33+,34+,36-,37-,38-,39+,40-/m0/s1. The highest BCUT2D eigenvalue weighted by molar-refractivity contribution is 5.76. The lowest BCUT2D eigenvalue weighted by Crippen LogP contribution is -2.60. The van der Waals surface area contributed by atoms with Gasteiger partial charge in [-0.15, -0.1) is 0 Å². The lowest BCUT2D eigenvalue weighted by molar-refractivity contribution is -0.303. The molecule has 0 aromatic carbocycles. The molecule has 0 spiro atoms. The molecule has 0 aromatic heterocycles.